The van der Waals surface area contributed by atoms with Gasteiger partial charge in [-0.2, -0.15) is 0 Å². The number of hydrogen-bond donors (Lipinski definition) is 2. The predicted octanol–water partition coefficient (Wildman–Crippen LogP) is 1.32. The van der Waals surface area contributed by atoms with Crippen LogP contribution in [-0.2, 0) is 14.6 Å². The van der Waals surface area contributed by atoms with Crippen molar-refractivity contribution in [2.24, 2.45) is 0 Å². The van der Waals surface area contributed by atoms with Crippen LogP contribution >= 0.6 is 0 Å². The van der Waals surface area contributed by atoms with Crippen LogP contribution in [0.4, 0.5) is 0 Å². The Morgan fingerprint density at radius 3 is 2.35 bits per heavy atom. The second-order valence-electron chi connectivity index (χ2n) is 5.51. The molecule has 1 fully saturated rings. The first-order valence-electron chi connectivity index (χ1n) is 6.57. The van der Waals surface area contributed by atoms with Gasteiger partial charge in [-0.1, -0.05) is 38.1 Å². The molecule has 0 radical (unpaired) electrons. The van der Waals surface area contributed by atoms with E-state index in [9.17, 15) is 13.2 Å². The lowest BCUT2D eigenvalue weighted by molar-refractivity contribution is -0.139. The molecule has 5 nitrogen and oxygen atoms in total. The van der Waals surface area contributed by atoms with Gasteiger partial charge in [-0.05, 0) is 17.0 Å². The van der Waals surface area contributed by atoms with Gasteiger partial charge in [-0.3, -0.25) is 10.1 Å². The number of carbonyl (C=O) groups is 1. The van der Waals surface area contributed by atoms with Gasteiger partial charge in [0.25, 0.3) is 0 Å². The lowest BCUT2D eigenvalue weighted by Crippen LogP contribution is -2.51. The molecule has 1 aliphatic heterocycles. The van der Waals surface area contributed by atoms with Crippen LogP contribution in [0, 0.1) is 0 Å². The minimum atomic E-state index is -3.34. The van der Waals surface area contributed by atoms with Crippen LogP contribution in [-0.4, -0.2) is 37.0 Å². The summed E-state index contributed by atoms with van der Waals surface area (Å²) in [6, 6.07) is 6.15. The van der Waals surface area contributed by atoms with Crippen molar-refractivity contribution in [2.45, 2.75) is 31.8 Å². The van der Waals surface area contributed by atoms with Gasteiger partial charge in [0.2, 0.25) is 0 Å². The molecule has 0 saturated carbocycles. The van der Waals surface area contributed by atoms with Crippen LogP contribution in [0.3, 0.4) is 0 Å². The third-order valence-electron chi connectivity index (χ3n) is 3.55. The Morgan fingerprint density at radius 1 is 1.25 bits per heavy atom. The standard InChI is InChI=1S/C14H19NO4S/c1-9(2)10-3-5-11(6-4-10)12-7-20(18,19)8-13(15-12)14(16)17/h3-6,9,12-13,15H,7-8H2,1-2H3,(H,16,17). The average molecular weight is 297 g/mol. The third kappa shape index (κ3) is 3.37. The first kappa shape index (κ1) is 15.0. The number of sulfone groups is 1. The molecule has 1 aromatic carbocycles. The van der Waals surface area contributed by atoms with Crippen molar-refractivity contribution in [1.29, 1.82) is 0 Å². The Kier molecular flexibility index (Phi) is 4.15. The average Bonchev–Trinajstić information content (AvgIpc) is 2.37. The van der Waals surface area contributed by atoms with Crippen molar-refractivity contribution in [3.8, 4) is 0 Å². The largest absolute Gasteiger partial charge is 0.480 e. The molecule has 2 rings (SSSR count). The number of aliphatic carboxylic acids is 1. The van der Waals surface area contributed by atoms with E-state index in [1.807, 2.05) is 24.3 Å². The minimum Gasteiger partial charge on any atom is -0.480 e. The Balaban J connectivity index is 2.24. The number of hydrogen-bond acceptors (Lipinski definition) is 4. The highest BCUT2D eigenvalue weighted by atomic mass is 32.2. The highest BCUT2D eigenvalue weighted by Gasteiger charge is 2.35. The van der Waals surface area contributed by atoms with Crippen LogP contribution in [0.15, 0.2) is 24.3 Å². The molecule has 0 spiro atoms. The second kappa shape index (κ2) is 5.54. The topological polar surface area (TPSA) is 83.5 Å². The number of rotatable bonds is 3. The maximum absolute atomic E-state index is 11.8. The Hall–Kier alpha value is -1.40. The van der Waals surface area contributed by atoms with Gasteiger partial charge in [0.15, 0.2) is 9.84 Å². The zero-order valence-electron chi connectivity index (χ0n) is 11.5. The first-order valence-corrected chi connectivity index (χ1v) is 8.40. The summed E-state index contributed by atoms with van der Waals surface area (Å²) in [7, 11) is -3.34. The highest BCUT2D eigenvalue weighted by Crippen LogP contribution is 2.23. The van der Waals surface area contributed by atoms with E-state index in [0.29, 0.717) is 5.92 Å². The van der Waals surface area contributed by atoms with Gasteiger partial charge in [0.05, 0.1) is 11.5 Å². The van der Waals surface area contributed by atoms with Gasteiger partial charge in [0, 0.05) is 6.04 Å². The predicted molar refractivity (Wildman–Crippen MR) is 76.5 cm³/mol. The van der Waals surface area contributed by atoms with E-state index in [2.05, 4.69) is 19.2 Å². The normalized spacial score (nSPS) is 25.6. The smallest absolute Gasteiger partial charge is 0.321 e. The molecular formula is C14H19NO4S. The molecule has 2 unspecified atom stereocenters. The minimum absolute atomic E-state index is 0.0577. The van der Waals surface area contributed by atoms with Crippen molar-refractivity contribution in [1.82, 2.24) is 5.32 Å². The second-order valence-corrected chi connectivity index (χ2v) is 7.66. The summed E-state index contributed by atoms with van der Waals surface area (Å²) >= 11 is 0. The first-order chi connectivity index (χ1) is 9.28. The molecule has 0 aromatic heterocycles. The van der Waals surface area contributed by atoms with Crippen molar-refractivity contribution in [2.75, 3.05) is 11.5 Å². The molecule has 110 valence electrons. The lowest BCUT2D eigenvalue weighted by Gasteiger charge is -2.29. The van der Waals surface area contributed by atoms with Crippen LogP contribution in [0.2, 0.25) is 0 Å². The number of benzene rings is 1. The van der Waals surface area contributed by atoms with Crippen LogP contribution in [0.25, 0.3) is 0 Å². The summed E-state index contributed by atoms with van der Waals surface area (Å²) < 4.78 is 23.6. The SMILES string of the molecule is CC(C)c1ccc(C2CS(=O)(=O)CC(C(=O)O)N2)cc1. The summed E-state index contributed by atoms with van der Waals surface area (Å²) in [5, 5.41) is 11.9. The van der Waals surface area contributed by atoms with E-state index in [1.54, 1.807) is 0 Å². The van der Waals surface area contributed by atoms with Gasteiger partial charge < -0.3 is 5.11 Å². The van der Waals surface area contributed by atoms with Gasteiger partial charge in [0.1, 0.15) is 6.04 Å². The molecule has 6 heteroatoms. The monoisotopic (exact) mass is 297 g/mol. The van der Waals surface area contributed by atoms with E-state index in [0.717, 1.165) is 5.56 Å². The molecule has 0 aliphatic carbocycles. The Morgan fingerprint density at radius 2 is 1.85 bits per heavy atom. The fourth-order valence-corrected chi connectivity index (χ4v) is 4.04. The lowest BCUT2D eigenvalue weighted by atomic mass is 9.99. The van der Waals surface area contributed by atoms with Gasteiger partial charge in [-0.25, -0.2) is 8.42 Å². The Bertz CT molecular complexity index is 592. The quantitative estimate of drug-likeness (QED) is 0.879. The van der Waals surface area contributed by atoms with E-state index >= 15 is 0 Å². The maximum Gasteiger partial charge on any atom is 0.321 e. The van der Waals surface area contributed by atoms with Crippen molar-refractivity contribution in [3.05, 3.63) is 35.4 Å². The summed E-state index contributed by atoms with van der Waals surface area (Å²) in [4.78, 5) is 11.0. The summed E-state index contributed by atoms with van der Waals surface area (Å²) in [5.41, 5.74) is 1.98. The van der Waals surface area contributed by atoms with Crippen molar-refractivity contribution in [3.63, 3.8) is 0 Å². The number of nitrogens with one attached hydrogen (secondary N) is 1. The third-order valence-corrected chi connectivity index (χ3v) is 5.23. The zero-order chi connectivity index (χ0) is 14.9. The molecular weight excluding hydrogens is 278 g/mol. The summed E-state index contributed by atoms with van der Waals surface area (Å²) in [6.07, 6.45) is 0. The van der Waals surface area contributed by atoms with E-state index in [-0.39, 0.29) is 11.5 Å². The number of carboxylic acid groups (broad SMARTS) is 1. The molecule has 0 amide bonds. The van der Waals surface area contributed by atoms with E-state index in [4.69, 9.17) is 5.11 Å². The number of carboxylic acids is 1. The van der Waals surface area contributed by atoms with E-state index < -0.39 is 27.9 Å². The molecule has 2 N–H and O–H groups in total. The summed E-state index contributed by atoms with van der Waals surface area (Å²) in [6.45, 7) is 4.16. The van der Waals surface area contributed by atoms with Crippen molar-refractivity contribution >= 4 is 15.8 Å². The summed E-state index contributed by atoms with van der Waals surface area (Å²) in [5.74, 6) is -1.13. The molecule has 0 bridgehead atoms. The molecule has 20 heavy (non-hydrogen) atoms. The zero-order valence-corrected chi connectivity index (χ0v) is 12.4. The Labute approximate surface area is 118 Å². The van der Waals surface area contributed by atoms with Crippen LogP contribution in [0.5, 0.6) is 0 Å². The van der Waals surface area contributed by atoms with Crippen LogP contribution < -0.4 is 5.32 Å². The van der Waals surface area contributed by atoms with Gasteiger partial charge in [-0.15, -0.1) is 0 Å². The van der Waals surface area contributed by atoms with Crippen LogP contribution in [0.1, 0.15) is 36.9 Å². The molecule has 1 aromatic rings. The van der Waals surface area contributed by atoms with E-state index in [1.165, 1.54) is 5.56 Å². The molecule has 1 heterocycles. The molecule has 1 saturated heterocycles. The highest BCUT2D eigenvalue weighted by molar-refractivity contribution is 7.91. The van der Waals surface area contributed by atoms with Crippen molar-refractivity contribution < 1.29 is 18.3 Å². The fraction of sp³-hybridized carbons (Fsp3) is 0.500. The molecule has 2 atom stereocenters. The van der Waals surface area contributed by atoms with Gasteiger partial charge >= 0.3 is 5.97 Å². The fourth-order valence-electron chi connectivity index (χ4n) is 2.36. The maximum atomic E-state index is 11.8. The molecule has 1 aliphatic rings.